The van der Waals surface area contributed by atoms with Crippen LogP contribution in [0.3, 0.4) is 0 Å². The SMILES string of the molecule is CCCC(C)CC=CCC=CCCCCCCCC(=O)NCc1ccc(O)c(OC)c1. The quantitative estimate of drug-likeness (QED) is 0.205. The fourth-order valence-corrected chi connectivity index (χ4v) is 3.53. The first kappa shape index (κ1) is 26.8. The minimum atomic E-state index is 0.0760. The normalized spacial score (nSPS) is 12.5. The molecule has 1 unspecified atom stereocenters. The number of carbonyl (C=O) groups is 1. The highest BCUT2D eigenvalue weighted by Gasteiger charge is 2.05. The standard InChI is InChI=1S/C27H43NO3/c1-4-16-23(2)17-14-12-10-8-6-5-7-9-11-13-15-18-27(30)28-22-24-19-20-25(29)26(21-24)31-3/h6,8,12,14,19-21,23,29H,4-5,7,9-11,13,15-18,22H2,1-3H3,(H,28,30). The summed E-state index contributed by atoms with van der Waals surface area (Å²) in [5, 5.41) is 12.5. The van der Waals surface area contributed by atoms with Gasteiger partial charge in [0.1, 0.15) is 0 Å². The van der Waals surface area contributed by atoms with E-state index in [1.165, 1.54) is 45.6 Å². The number of unbranched alkanes of at least 4 members (excludes halogenated alkanes) is 5. The molecule has 1 atom stereocenters. The van der Waals surface area contributed by atoms with Crippen LogP contribution in [0.25, 0.3) is 0 Å². The summed E-state index contributed by atoms with van der Waals surface area (Å²) >= 11 is 0. The van der Waals surface area contributed by atoms with E-state index < -0.39 is 0 Å². The molecule has 4 heteroatoms. The number of ether oxygens (including phenoxy) is 1. The maximum atomic E-state index is 12.0. The van der Waals surface area contributed by atoms with E-state index in [1.807, 2.05) is 0 Å². The van der Waals surface area contributed by atoms with Crippen molar-refractivity contribution < 1.29 is 14.6 Å². The summed E-state index contributed by atoms with van der Waals surface area (Å²) in [7, 11) is 1.52. The molecule has 0 aliphatic carbocycles. The molecular formula is C27H43NO3. The number of allylic oxidation sites excluding steroid dienone is 4. The number of aromatic hydroxyl groups is 1. The Bertz CT molecular complexity index is 666. The van der Waals surface area contributed by atoms with Gasteiger partial charge < -0.3 is 15.2 Å². The third-order valence-corrected chi connectivity index (χ3v) is 5.43. The van der Waals surface area contributed by atoms with E-state index in [0.29, 0.717) is 18.7 Å². The molecule has 174 valence electrons. The highest BCUT2D eigenvalue weighted by Crippen LogP contribution is 2.26. The first-order chi connectivity index (χ1) is 15.1. The van der Waals surface area contributed by atoms with Crippen LogP contribution in [0.1, 0.15) is 90.0 Å². The molecule has 0 aromatic heterocycles. The van der Waals surface area contributed by atoms with Gasteiger partial charge in [-0.2, -0.15) is 0 Å². The third-order valence-electron chi connectivity index (χ3n) is 5.43. The third kappa shape index (κ3) is 13.6. The molecule has 0 saturated heterocycles. The summed E-state index contributed by atoms with van der Waals surface area (Å²) < 4.78 is 5.09. The van der Waals surface area contributed by atoms with Crippen molar-refractivity contribution in [1.29, 1.82) is 0 Å². The second kappa shape index (κ2) is 17.5. The van der Waals surface area contributed by atoms with E-state index in [0.717, 1.165) is 37.2 Å². The van der Waals surface area contributed by atoms with Crippen molar-refractivity contribution in [3.05, 3.63) is 48.1 Å². The highest BCUT2D eigenvalue weighted by molar-refractivity contribution is 5.75. The lowest BCUT2D eigenvalue weighted by Gasteiger charge is -2.08. The Morgan fingerprint density at radius 1 is 1.10 bits per heavy atom. The van der Waals surface area contributed by atoms with Crippen molar-refractivity contribution in [3.8, 4) is 11.5 Å². The summed E-state index contributed by atoms with van der Waals surface area (Å²) in [6.07, 6.45) is 21.4. The first-order valence-corrected chi connectivity index (χ1v) is 12.0. The van der Waals surface area contributed by atoms with Gasteiger partial charge in [0.25, 0.3) is 0 Å². The van der Waals surface area contributed by atoms with Crippen LogP contribution in [-0.4, -0.2) is 18.1 Å². The number of phenolic OH excluding ortho intramolecular Hbond substituents is 1. The first-order valence-electron chi connectivity index (χ1n) is 12.0. The van der Waals surface area contributed by atoms with Crippen molar-refractivity contribution in [2.75, 3.05) is 7.11 Å². The van der Waals surface area contributed by atoms with Crippen molar-refractivity contribution >= 4 is 5.91 Å². The van der Waals surface area contributed by atoms with Crippen LogP contribution in [0, 0.1) is 5.92 Å². The summed E-state index contributed by atoms with van der Waals surface area (Å²) in [4.78, 5) is 12.0. The molecule has 0 fully saturated rings. The van der Waals surface area contributed by atoms with Crippen LogP contribution in [0.15, 0.2) is 42.5 Å². The van der Waals surface area contributed by atoms with Gasteiger partial charge in [-0.3, -0.25) is 4.79 Å². The largest absolute Gasteiger partial charge is 0.504 e. The van der Waals surface area contributed by atoms with E-state index in [-0.39, 0.29) is 11.7 Å². The minimum absolute atomic E-state index is 0.0760. The number of hydrogen-bond acceptors (Lipinski definition) is 3. The fourth-order valence-electron chi connectivity index (χ4n) is 3.53. The maximum Gasteiger partial charge on any atom is 0.220 e. The molecule has 0 spiro atoms. The predicted octanol–water partition coefficient (Wildman–Crippen LogP) is 7.08. The van der Waals surface area contributed by atoms with Crippen LogP contribution < -0.4 is 10.1 Å². The molecule has 0 aliphatic heterocycles. The molecule has 1 amide bonds. The molecule has 1 aromatic rings. The van der Waals surface area contributed by atoms with Crippen molar-refractivity contribution in [2.45, 2.75) is 91.0 Å². The Kier molecular flexibility index (Phi) is 15.1. The minimum Gasteiger partial charge on any atom is -0.504 e. The number of hydrogen-bond donors (Lipinski definition) is 2. The lowest BCUT2D eigenvalue weighted by atomic mass is 10.0. The van der Waals surface area contributed by atoms with Crippen LogP contribution in [0.4, 0.5) is 0 Å². The molecule has 0 aliphatic rings. The zero-order valence-corrected chi connectivity index (χ0v) is 19.9. The van der Waals surface area contributed by atoms with E-state index >= 15 is 0 Å². The summed E-state index contributed by atoms with van der Waals surface area (Å²) in [5.74, 6) is 1.42. The number of carbonyl (C=O) groups excluding carboxylic acids is 1. The average molecular weight is 430 g/mol. The van der Waals surface area contributed by atoms with Crippen LogP contribution >= 0.6 is 0 Å². The molecule has 0 heterocycles. The van der Waals surface area contributed by atoms with Gasteiger partial charge >= 0.3 is 0 Å². The molecule has 0 bridgehead atoms. The van der Waals surface area contributed by atoms with Crippen molar-refractivity contribution in [1.82, 2.24) is 5.32 Å². The van der Waals surface area contributed by atoms with Gasteiger partial charge in [-0.25, -0.2) is 0 Å². The zero-order chi connectivity index (χ0) is 22.7. The Labute approximate surface area is 189 Å². The molecule has 1 aromatic carbocycles. The summed E-state index contributed by atoms with van der Waals surface area (Å²) in [6.45, 7) is 5.03. The predicted molar refractivity (Wildman–Crippen MR) is 130 cm³/mol. The average Bonchev–Trinajstić information content (AvgIpc) is 2.76. The van der Waals surface area contributed by atoms with E-state index in [4.69, 9.17) is 4.74 Å². The molecule has 0 radical (unpaired) electrons. The van der Waals surface area contributed by atoms with Gasteiger partial charge in [0.15, 0.2) is 11.5 Å². The van der Waals surface area contributed by atoms with E-state index in [2.05, 4.69) is 43.5 Å². The monoisotopic (exact) mass is 429 g/mol. The topological polar surface area (TPSA) is 58.6 Å². The Hall–Kier alpha value is -2.23. The van der Waals surface area contributed by atoms with Gasteiger partial charge in [-0.15, -0.1) is 0 Å². The van der Waals surface area contributed by atoms with Gasteiger partial charge in [-0.05, 0) is 55.7 Å². The van der Waals surface area contributed by atoms with Gasteiger partial charge in [0.05, 0.1) is 7.11 Å². The Morgan fingerprint density at radius 3 is 2.61 bits per heavy atom. The lowest BCUT2D eigenvalue weighted by molar-refractivity contribution is -0.121. The molecule has 31 heavy (non-hydrogen) atoms. The Morgan fingerprint density at radius 2 is 1.84 bits per heavy atom. The van der Waals surface area contributed by atoms with Gasteiger partial charge in [0, 0.05) is 13.0 Å². The van der Waals surface area contributed by atoms with Crippen molar-refractivity contribution in [2.24, 2.45) is 5.92 Å². The molecular weight excluding hydrogens is 386 g/mol. The summed E-state index contributed by atoms with van der Waals surface area (Å²) in [5.41, 5.74) is 0.914. The number of methoxy groups -OCH3 is 1. The Balaban J connectivity index is 1.98. The second-order valence-corrected chi connectivity index (χ2v) is 8.40. The van der Waals surface area contributed by atoms with Crippen molar-refractivity contribution in [3.63, 3.8) is 0 Å². The number of amides is 1. The lowest BCUT2D eigenvalue weighted by Crippen LogP contribution is -2.22. The number of benzene rings is 1. The highest BCUT2D eigenvalue weighted by atomic mass is 16.5. The molecule has 1 rings (SSSR count). The zero-order valence-electron chi connectivity index (χ0n) is 19.9. The summed E-state index contributed by atoms with van der Waals surface area (Å²) in [6, 6.07) is 5.12. The molecule has 0 saturated carbocycles. The molecule has 4 nitrogen and oxygen atoms in total. The van der Waals surface area contributed by atoms with E-state index in [9.17, 15) is 9.90 Å². The smallest absolute Gasteiger partial charge is 0.220 e. The van der Waals surface area contributed by atoms with Gasteiger partial charge in [-0.1, -0.05) is 76.3 Å². The number of nitrogens with one attached hydrogen (secondary N) is 1. The fraction of sp³-hybridized carbons (Fsp3) is 0.593. The second-order valence-electron chi connectivity index (χ2n) is 8.40. The van der Waals surface area contributed by atoms with Crippen LogP contribution in [-0.2, 0) is 11.3 Å². The number of phenols is 1. The van der Waals surface area contributed by atoms with Crippen LogP contribution in [0.5, 0.6) is 11.5 Å². The number of rotatable bonds is 17. The maximum absolute atomic E-state index is 12.0. The van der Waals surface area contributed by atoms with Crippen LogP contribution in [0.2, 0.25) is 0 Å². The van der Waals surface area contributed by atoms with E-state index in [1.54, 1.807) is 18.2 Å². The van der Waals surface area contributed by atoms with Gasteiger partial charge in [0.2, 0.25) is 5.91 Å². The molecule has 2 N–H and O–H groups in total.